The number of rotatable bonds is 7. The third kappa shape index (κ3) is 7.24. The van der Waals surface area contributed by atoms with Gasteiger partial charge in [0.2, 0.25) is 0 Å². The largest absolute Gasteiger partial charge is 0.321 e. The summed E-state index contributed by atoms with van der Waals surface area (Å²) in [6.07, 6.45) is 3.53. The molecule has 0 aliphatic rings. The number of pyridine rings is 1. The molecule has 0 aliphatic heterocycles. The molecule has 4 rings (SSSR count). The average Bonchev–Trinajstić information content (AvgIpc) is 2.89. The number of nitrogens with zero attached hydrogens (tertiary/aromatic N) is 2. The molecule has 2 amide bonds. The minimum Gasteiger partial charge on any atom is -0.321 e. The van der Waals surface area contributed by atoms with Crippen LogP contribution in [0.5, 0.6) is 0 Å². The molecule has 3 aromatic carbocycles. The van der Waals surface area contributed by atoms with E-state index in [2.05, 4.69) is 19.4 Å². The van der Waals surface area contributed by atoms with E-state index in [-0.39, 0.29) is 27.5 Å². The van der Waals surface area contributed by atoms with Crippen molar-refractivity contribution < 1.29 is 22.2 Å². The molecule has 206 valence electrons. The van der Waals surface area contributed by atoms with E-state index in [9.17, 15) is 22.2 Å². The van der Waals surface area contributed by atoms with E-state index in [4.69, 9.17) is 23.2 Å². The lowest BCUT2D eigenvalue weighted by Gasteiger charge is -2.13. The molecule has 0 saturated carbocycles. The molecular weight excluding hydrogens is 595 g/mol. The van der Waals surface area contributed by atoms with Crippen molar-refractivity contribution in [1.29, 1.82) is 0 Å². The predicted molar refractivity (Wildman–Crippen MR) is 158 cm³/mol. The van der Waals surface area contributed by atoms with E-state index in [1.54, 1.807) is 60.7 Å². The zero-order valence-electron chi connectivity index (χ0n) is 21.1. The molecule has 0 aliphatic carbocycles. The normalized spacial score (nSPS) is 12.7. The highest BCUT2D eigenvalue weighted by Gasteiger charge is 2.18. The quantitative estimate of drug-likeness (QED) is 0.262. The van der Waals surface area contributed by atoms with Gasteiger partial charge in [-0.1, -0.05) is 53.5 Å². The van der Waals surface area contributed by atoms with E-state index < -0.39 is 31.6 Å². The van der Waals surface area contributed by atoms with Crippen LogP contribution in [0.2, 0.25) is 10.0 Å². The number of hydrogen-bond acceptors (Lipinski definition) is 6. The van der Waals surface area contributed by atoms with Gasteiger partial charge in [-0.3, -0.25) is 9.59 Å². The highest BCUT2D eigenvalue weighted by atomic mass is 35.5. The molecule has 2 N–H and O–H groups in total. The fourth-order valence-corrected chi connectivity index (χ4v) is 7.37. The van der Waals surface area contributed by atoms with Crippen LogP contribution in [-0.4, -0.2) is 41.9 Å². The number of carbonyl (C=O) groups excluding carboxylic acids is 2. The molecule has 4 aromatic rings. The Bertz CT molecular complexity index is 1840. The lowest BCUT2D eigenvalue weighted by atomic mass is 10.0. The second-order valence-corrected chi connectivity index (χ2v) is 13.6. The number of nitrogens with one attached hydrogen (secondary N) is 2. The van der Waals surface area contributed by atoms with Gasteiger partial charge >= 0.3 is 0 Å². The standard InChI is InChI=1S/C27H22Cl2N4O5S2/c1-39(36,33-40(2,37)38)24-6-4-3-5-21(24)17-7-9-18(10-8-17)26(34)31-23-13-11-19(28)15-22(23)27(35)32-25-14-12-20(29)16-30-25/h3-16H,1-2H3,(H,31,34)(H,30,32,35). The van der Waals surface area contributed by atoms with Crippen molar-refractivity contribution in [2.24, 2.45) is 3.77 Å². The molecule has 0 fully saturated rings. The van der Waals surface area contributed by atoms with Gasteiger partial charge in [-0.2, -0.15) is 0 Å². The molecular formula is C27H22Cl2N4O5S2. The third-order valence-electron chi connectivity index (χ3n) is 5.47. The van der Waals surface area contributed by atoms with Crippen molar-refractivity contribution in [1.82, 2.24) is 4.98 Å². The van der Waals surface area contributed by atoms with Crippen LogP contribution >= 0.6 is 23.2 Å². The summed E-state index contributed by atoms with van der Waals surface area (Å²) in [5.74, 6) is -0.766. The second-order valence-electron chi connectivity index (χ2n) is 8.64. The van der Waals surface area contributed by atoms with Crippen LogP contribution in [0.1, 0.15) is 20.7 Å². The van der Waals surface area contributed by atoms with Crippen LogP contribution < -0.4 is 10.6 Å². The number of hydrogen-bond donors (Lipinski definition) is 2. The smallest absolute Gasteiger partial charge is 0.258 e. The predicted octanol–water partition coefficient (Wildman–Crippen LogP) is 5.98. The molecule has 1 atom stereocenters. The topological polar surface area (TPSA) is 135 Å². The fourth-order valence-electron chi connectivity index (χ4n) is 3.78. The number of amides is 2. The zero-order chi connectivity index (χ0) is 29.1. The van der Waals surface area contributed by atoms with Crippen LogP contribution in [0.15, 0.2) is 93.7 Å². The van der Waals surface area contributed by atoms with E-state index in [1.807, 2.05) is 0 Å². The Morgan fingerprint density at radius 3 is 2.12 bits per heavy atom. The first-order valence-corrected chi connectivity index (χ1v) is 16.0. The van der Waals surface area contributed by atoms with E-state index in [1.165, 1.54) is 30.7 Å². The number of anilines is 2. The highest BCUT2D eigenvalue weighted by Crippen LogP contribution is 2.29. The number of aromatic nitrogens is 1. The number of carbonyl (C=O) groups is 2. The molecule has 1 aromatic heterocycles. The van der Waals surface area contributed by atoms with Crippen molar-refractivity contribution in [3.63, 3.8) is 0 Å². The summed E-state index contributed by atoms with van der Waals surface area (Å²) in [4.78, 5) is 30.3. The fraction of sp³-hybridized carbons (Fsp3) is 0.0741. The Morgan fingerprint density at radius 2 is 1.48 bits per heavy atom. The summed E-state index contributed by atoms with van der Waals surface area (Å²) in [5.41, 5.74) is 1.74. The number of halogens is 2. The van der Waals surface area contributed by atoms with Crippen molar-refractivity contribution in [3.8, 4) is 11.1 Å². The minimum atomic E-state index is -3.86. The Labute approximate surface area is 241 Å². The summed E-state index contributed by atoms with van der Waals surface area (Å²) in [5, 5.41) is 6.07. The summed E-state index contributed by atoms with van der Waals surface area (Å²) in [7, 11) is -7.11. The third-order valence-corrected chi connectivity index (χ3v) is 9.33. The van der Waals surface area contributed by atoms with Crippen LogP contribution in [0.3, 0.4) is 0 Å². The molecule has 0 saturated heterocycles. The lowest BCUT2D eigenvalue weighted by molar-refractivity contribution is 0.102. The minimum absolute atomic E-state index is 0.121. The second kappa shape index (κ2) is 11.8. The summed E-state index contributed by atoms with van der Waals surface area (Å²) < 4.78 is 40.1. The van der Waals surface area contributed by atoms with Gasteiger partial charge in [0.05, 0.1) is 37.2 Å². The Hall–Kier alpha value is -3.77. The SMILES string of the molecule is CS(=O)(=O)N=S(C)(=O)c1ccccc1-c1ccc(C(=O)Nc2ccc(Cl)cc2C(=O)Nc2ccc(Cl)cn2)cc1. The molecule has 0 spiro atoms. The van der Waals surface area contributed by atoms with E-state index >= 15 is 0 Å². The lowest BCUT2D eigenvalue weighted by Crippen LogP contribution is -2.18. The maximum atomic E-state index is 13.2. The Balaban J connectivity index is 1.59. The van der Waals surface area contributed by atoms with E-state index in [0.29, 0.717) is 21.2 Å². The maximum absolute atomic E-state index is 13.2. The molecule has 1 unspecified atom stereocenters. The number of sulfonamides is 1. The van der Waals surface area contributed by atoms with Gasteiger partial charge in [0.25, 0.3) is 21.8 Å². The first kappa shape index (κ1) is 29.2. The first-order valence-electron chi connectivity index (χ1n) is 11.5. The van der Waals surface area contributed by atoms with Gasteiger partial charge in [0.1, 0.15) is 5.82 Å². The molecule has 0 radical (unpaired) electrons. The van der Waals surface area contributed by atoms with Gasteiger partial charge in [0.15, 0.2) is 0 Å². The van der Waals surface area contributed by atoms with Gasteiger partial charge in [-0.05, 0) is 59.7 Å². The molecule has 13 heteroatoms. The van der Waals surface area contributed by atoms with Crippen molar-refractivity contribution in [2.75, 3.05) is 23.1 Å². The zero-order valence-corrected chi connectivity index (χ0v) is 24.2. The van der Waals surface area contributed by atoms with Gasteiger partial charge in [0, 0.05) is 23.0 Å². The highest BCUT2D eigenvalue weighted by molar-refractivity contribution is 8.02. The molecule has 1 heterocycles. The van der Waals surface area contributed by atoms with Gasteiger partial charge in [-0.15, -0.1) is 3.77 Å². The monoisotopic (exact) mass is 616 g/mol. The average molecular weight is 618 g/mol. The van der Waals surface area contributed by atoms with Crippen molar-refractivity contribution >= 4 is 66.3 Å². The maximum Gasteiger partial charge on any atom is 0.258 e. The van der Waals surface area contributed by atoms with Crippen LogP contribution in [-0.2, 0) is 19.8 Å². The number of benzene rings is 3. The van der Waals surface area contributed by atoms with Crippen LogP contribution in [0, 0.1) is 0 Å². The van der Waals surface area contributed by atoms with Crippen molar-refractivity contribution in [2.45, 2.75) is 4.90 Å². The molecule has 40 heavy (non-hydrogen) atoms. The summed E-state index contributed by atoms with van der Waals surface area (Å²) in [6, 6.07) is 20.6. The van der Waals surface area contributed by atoms with Crippen LogP contribution in [0.25, 0.3) is 11.1 Å². The van der Waals surface area contributed by atoms with Crippen molar-refractivity contribution in [3.05, 3.63) is 106 Å². The van der Waals surface area contributed by atoms with Crippen LogP contribution in [0.4, 0.5) is 11.5 Å². The molecule has 0 bridgehead atoms. The Morgan fingerprint density at radius 1 is 0.800 bits per heavy atom. The summed E-state index contributed by atoms with van der Waals surface area (Å²) in [6.45, 7) is 0. The Kier molecular flexibility index (Phi) is 8.59. The van der Waals surface area contributed by atoms with Gasteiger partial charge in [-0.25, -0.2) is 17.6 Å². The van der Waals surface area contributed by atoms with Gasteiger partial charge < -0.3 is 10.6 Å². The molecule has 9 nitrogen and oxygen atoms in total. The summed E-state index contributed by atoms with van der Waals surface area (Å²) >= 11 is 12.0. The van der Waals surface area contributed by atoms with E-state index in [0.717, 1.165) is 6.26 Å². The first-order chi connectivity index (χ1) is 18.8.